The number of aromatic nitrogens is 2. The number of anilines is 3. The summed E-state index contributed by atoms with van der Waals surface area (Å²) in [5.41, 5.74) is 6.81. The van der Waals surface area contributed by atoms with Crippen LogP contribution in [0, 0.1) is 0 Å². The fourth-order valence-electron chi connectivity index (χ4n) is 1.76. The number of rotatable bonds is 6. The number of nitrogens with zero attached hydrogens (tertiary/aromatic N) is 2. The first-order valence-corrected chi connectivity index (χ1v) is 6.46. The van der Waals surface area contributed by atoms with Crippen molar-refractivity contribution in [2.75, 3.05) is 30.0 Å². The number of ether oxygens (including phenoxy) is 1. The Balaban J connectivity index is 2.02. The van der Waals surface area contributed by atoms with Crippen LogP contribution in [0.5, 0.6) is 5.75 Å². The molecule has 0 aliphatic carbocycles. The van der Waals surface area contributed by atoms with E-state index in [1.54, 1.807) is 7.11 Å². The number of methoxy groups -OCH3 is 1. The van der Waals surface area contributed by atoms with E-state index in [1.807, 2.05) is 37.3 Å². The SMILES string of the molecule is CCNc1cc(NCc2ccc(OC)cc2)nc(N)n1. The van der Waals surface area contributed by atoms with Gasteiger partial charge in [-0.3, -0.25) is 0 Å². The highest BCUT2D eigenvalue weighted by atomic mass is 16.5. The lowest BCUT2D eigenvalue weighted by Crippen LogP contribution is -2.07. The molecule has 0 atom stereocenters. The molecule has 1 aromatic carbocycles. The van der Waals surface area contributed by atoms with E-state index in [0.29, 0.717) is 12.4 Å². The lowest BCUT2D eigenvalue weighted by molar-refractivity contribution is 0.414. The Kier molecular flexibility index (Phi) is 4.60. The van der Waals surface area contributed by atoms with Gasteiger partial charge in [0.15, 0.2) is 0 Å². The molecule has 1 heterocycles. The Hall–Kier alpha value is -2.50. The number of benzene rings is 1. The fraction of sp³-hybridized carbons (Fsp3) is 0.286. The first-order valence-electron chi connectivity index (χ1n) is 6.46. The van der Waals surface area contributed by atoms with E-state index in [2.05, 4.69) is 20.6 Å². The summed E-state index contributed by atoms with van der Waals surface area (Å²) in [7, 11) is 1.65. The van der Waals surface area contributed by atoms with Gasteiger partial charge in [0.2, 0.25) is 5.95 Å². The molecular formula is C14H19N5O. The predicted octanol–water partition coefficient (Wildman–Crippen LogP) is 2.11. The maximum Gasteiger partial charge on any atom is 0.223 e. The summed E-state index contributed by atoms with van der Waals surface area (Å²) < 4.78 is 5.12. The van der Waals surface area contributed by atoms with Crippen molar-refractivity contribution in [3.8, 4) is 5.75 Å². The van der Waals surface area contributed by atoms with Gasteiger partial charge < -0.3 is 21.1 Å². The van der Waals surface area contributed by atoms with Crippen LogP contribution in [0.3, 0.4) is 0 Å². The lowest BCUT2D eigenvalue weighted by atomic mass is 10.2. The molecule has 0 radical (unpaired) electrons. The predicted molar refractivity (Wildman–Crippen MR) is 80.9 cm³/mol. The topological polar surface area (TPSA) is 85.1 Å². The molecule has 2 rings (SSSR count). The second-order valence-electron chi connectivity index (χ2n) is 4.23. The first-order chi connectivity index (χ1) is 9.71. The number of nitrogens with one attached hydrogen (secondary N) is 2. The normalized spacial score (nSPS) is 10.1. The Morgan fingerprint density at radius 2 is 1.75 bits per heavy atom. The lowest BCUT2D eigenvalue weighted by Gasteiger charge is -2.09. The molecule has 6 nitrogen and oxygen atoms in total. The van der Waals surface area contributed by atoms with Crippen molar-refractivity contribution in [2.24, 2.45) is 0 Å². The third kappa shape index (κ3) is 3.74. The molecule has 0 spiro atoms. The molecule has 4 N–H and O–H groups in total. The first kappa shape index (κ1) is 13.9. The molecule has 0 bridgehead atoms. The summed E-state index contributed by atoms with van der Waals surface area (Å²) >= 11 is 0. The quantitative estimate of drug-likeness (QED) is 0.747. The minimum absolute atomic E-state index is 0.251. The molecular weight excluding hydrogens is 254 g/mol. The van der Waals surface area contributed by atoms with Gasteiger partial charge in [0.25, 0.3) is 0 Å². The summed E-state index contributed by atoms with van der Waals surface area (Å²) in [6, 6.07) is 9.69. The van der Waals surface area contributed by atoms with Crippen LogP contribution in [0.15, 0.2) is 30.3 Å². The molecule has 2 aromatic rings. The number of hydrogen-bond donors (Lipinski definition) is 3. The molecule has 0 fully saturated rings. The van der Waals surface area contributed by atoms with Crippen molar-refractivity contribution in [3.63, 3.8) is 0 Å². The Morgan fingerprint density at radius 3 is 2.35 bits per heavy atom. The Morgan fingerprint density at radius 1 is 1.10 bits per heavy atom. The molecule has 20 heavy (non-hydrogen) atoms. The van der Waals surface area contributed by atoms with Crippen LogP contribution in [0.2, 0.25) is 0 Å². The summed E-state index contributed by atoms with van der Waals surface area (Å²) in [5, 5.41) is 6.34. The average Bonchev–Trinajstić information content (AvgIpc) is 2.45. The molecule has 0 saturated carbocycles. The van der Waals surface area contributed by atoms with Gasteiger partial charge >= 0.3 is 0 Å². The maximum absolute atomic E-state index is 5.68. The van der Waals surface area contributed by atoms with Gasteiger partial charge in [0.05, 0.1) is 7.11 Å². The third-order valence-electron chi connectivity index (χ3n) is 2.73. The zero-order chi connectivity index (χ0) is 14.4. The second kappa shape index (κ2) is 6.60. The van der Waals surface area contributed by atoms with E-state index < -0.39 is 0 Å². The van der Waals surface area contributed by atoms with Crippen molar-refractivity contribution in [3.05, 3.63) is 35.9 Å². The summed E-state index contributed by atoms with van der Waals surface area (Å²) in [6.45, 7) is 3.45. The average molecular weight is 273 g/mol. The van der Waals surface area contributed by atoms with E-state index in [4.69, 9.17) is 10.5 Å². The highest BCUT2D eigenvalue weighted by molar-refractivity contribution is 5.51. The molecule has 0 saturated heterocycles. The van der Waals surface area contributed by atoms with E-state index in [0.717, 1.165) is 23.7 Å². The largest absolute Gasteiger partial charge is 0.497 e. The fourth-order valence-corrected chi connectivity index (χ4v) is 1.76. The van der Waals surface area contributed by atoms with Gasteiger partial charge in [-0.1, -0.05) is 12.1 Å². The van der Waals surface area contributed by atoms with E-state index in [1.165, 1.54) is 0 Å². The van der Waals surface area contributed by atoms with Crippen LogP contribution in [0.4, 0.5) is 17.6 Å². The monoisotopic (exact) mass is 273 g/mol. The molecule has 0 aliphatic heterocycles. The Bertz CT molecular complexity index is 556. The minimum Gasteiger partial charge on any atom is -0.497 e. The van der Waals surface area contributed by atoms with Crippen molar-refractivity contribution < 1.29 is 4.74 Å². The van der Waals surface area contributed by atoms with E-state index in [-0.39, 0.29) is 5.95 Å². The Labute approximate surface area is 118 Å². The molecule has 0 unspecified atom stereocenters. The maximum atomic E-state index is 5.68. The standard InChI is InChI=1S/C14H19N5O/c1-3-16-12-8-13(19-14(15)18-12)17-9-10-4-6-11(20-2)7-5-10/h4-8H,3,9H2,1-2H3,(H4,15,16,17,18,19). The number of nitrogen functional groups attached to an aromatic ring is 1. The molecule has 1 aromatic heterocycles. The van der Waals surface area contributed by atoms with Crippen LogP contribution in [-0.2, 0) is 6.54 Å². The van der Waals surface area contributed by atoms with Crippen molar-refractivity contribution >= 4 is 17.6 Å². The van der Waals surface area contributed by atoms with Crippen molar-refractivity contribution in [1.29, 1.82) is 0 Å². The van der Waals surface area contributed by atoms with Crippen LogP contribution in [-0.4, -0.2) is 23.6 Å². The highest BCUT2D eigenvalue weighted by Gasteiger charge is 2.02. The van der Waals surface area contributed by atoms with Gasteiger partial charge in [-0.15, -0.1) is 0 Å². The molecule has 106 valence electrons. The summed E-state index contributed by atoms with van der Waals surface area (Å²) in [5.74, 6) is 2.51. The van der Waals surface area contributed by atoms with Crippen LogP contribution >= 0.6 is 0 Å². The van der Waals surface area contributed by atoms with E-state index in [9.17, 15) is 0 Å². The number of hydrogen-bond acceptors (Lipinski definition) is 6. The van der Waals surface area contributed by atoms with Gasteiger partial charge in [0, 0.05) is 19.2 Å². The second-order valence-corrected chi connectivity index (χ2v) is 4.23. The van der Waals surface area contributed by atoms with Crippen molar-refractivity contribution in [1.82, 2.24) is 9.97 Å². The van der Waals surface area contributed by atoms with Crippen LogP contribution in [0.25, 0.3) is 0 Å². The van der Waals surface area contributed by atoms with Gasteiger partial charge in [-0.2, -0.15) is 9.97 Å². The zero-order valence-corrected chi connectivity index (χ0v) is 11.7. The summed E-state index contributed by atoms with van der Waals surface area (Å²) in [6.07, 6.45) is 0. The van der Waals surface area contributed by atoms with Gasteiger partial charge in [0.1, 0.15) is 17.4 Å². The number of nitrogens with two attached hydrogens (primary N) is 1. The molecule has 0 amide bonds. The van der Waals surface area contributed by atoms with Crippen molar-refractivity contribution in [2.45, 2.75) is 13.5 Å². The summed E-state index contributed by atoms with van der Waals surface area (Å²) in [4.78, 5) is 8.26. The molecule has 6 heteroatoms. The van der Waals surface area contributed by atoms with E-state index >= 15 is 0 Å². The van der Waals surface area contributed by atoms with Gasteiger partial charge in [-0.25, -0.2) is 0 Å². The molecule has 0 aliphatic rings. The highest BCUT2D eigenvalue weighted by Crippen LogP contribution is 2.15. The third-order valence-corrected chi connectivity index (χ3v) is 2.73. The van der Waals surface area contributed by atoms with Crippen LogP contribution in [0.1, 0.15) is 12.5 Å². The minimum atomic E-state index is 0.251. The van der Waals surface area contributed by atoms with Gasteiger partial charge in [-0.05, 0) is 24.6 Å². The smallest absolute Gasteiger partial charge is 0.223 e. The van der Waals surface area contributed by atoms with Crippen LogP contribution < -0.4 is 21.1 Å². The zero-order valence-electron chi connectivity index (χ0n) is 11.7.